The van der Waals surface area contributed by atoms with Gasteiger partial charge in [-0.05, 0) is 49.2 Å². The van der Waals surface area contributed by atoms with Gasteiger partial charge in [-0.2, -0.15) is 0 Å². The third kappa shape index (κ3) is 9.62. The Kier molecular flexibility index (Phi) is 13.1. The largest absolute Gasteiger partial charge is 0.478 e. The number of hydrogen-bond donors (Lipinski definition) is 4. The second-order valence-corrected chi connectivity index (χ2v) is 9.91. The molecule has 0 radical (unpaired) electrons. The molecule has 0 aliphatic heterocycles. The number of carboxylic acids is 1. The van der Waals surface area contributed by atoms with Crippen molar-refractivity contribution in [2.45, 2.75) is 45.8 Å². The zero-order chi connectivity index (χ0) is 25.6. The summed E-state index contributed by atoms with van der Waals surface area (Å²) in [6, 6.07) is 25.7. The van der Waals surface area contributed by atoms with Crippen molar-refractivity contribution in [1.29, 1.82) is 0 Å². The Morgan fingerprint density at radius 1 is 0.735 bits per heavy atom. The van der Waals surface area contributed by atoms with Gasteiger partial charge in [0.05, 0.1) is 17.8 Å². The first-order valence-electron chi connectivity index (χ1n) is 11.2. The van der Waals surface area contributed by atoms with Crippen molar-refractivity contribution < 1.29 is 29.6 Å². The lowest BCUT2D eigenvalue weighted by Crippen LogP contribution is -2.28. The summed E-state index contributed by atoms with van der Waals surface area (Å²) < 4.78 is 12.2. The molecule has 4 N–H and O–H groups in total. The van der Waals surface area contributed by atoms with E-state index in [0.29, 0.717) is 16.2 Å². The van der Waals surface area contributed by atoms with Crippen LogP contribution >= 0.6 is 7.37 Å². The van der Waals surface area contributed by atoms with Crippen LogP contribution in [0.25, 0.3) is 0 Å². The quantitative estimate of drug-likeness (QED) is 0.367. The second-order valence-electron chi connectivity index (χ2n) is 7.73. The van der Waals surface area contributed by atoms with E-state index in [1.54, 1.807) is 78.9 Å². The van der Waals surface area contributed by atoms with Crippen LogP contribution in [-0.4, -0.2) is 38.4 Å². The van der Waals surface area contributed by atoms with Crippen molar-refractivity contribution in [2.24, 2.45) is 5.92 Å². The van der Waals surface area contributed by atoms with E-state index in [1.807, 2.05) is 32.9 Å². The standard InChI is InChI=1S/C12H11O2P.C8H18O2.C7H6O2/c13-15(14,11-7-3-1-4-8-11)12-9-5-2-6-10-12;1-4-7(9)6(3)8(10)5-2;8-7(9)6-4-2-1-3-5-6/h1-10H,(H,13,14);6-10H,4-5H2,1-3H3;1-5H,(H,8,9). The van der Waals surface area contributed by atoms with E-state index in [0.717, 1.165) is 12.8 Å². The second kappa shape index (κ2) is 15.2. The molecular formula is C27H35O6P. The minimum absolute atomic E-state index is 0.00926. The van der Waals surface area contributed by atoms with E-state index in [9.17, 15) is 24.5 Å². The van der Waals surface area contributed by atoms with Crippen LogP contribution in [0.1, 0.15) is 44.0 Å². The fourth-order valence-corrected chi connectivity index (χ4v) is 4.44. The van der Waals surface area contributed by atoms with Gasteiger partial charge in [-0.3, -0.25) is 4.57 Å². The molecule has 0 saturated heterocycles. The maximum Gasteiger partial charge on any atom is 0.335 e. The summed E-state index contributed by atoms with van der Waals surface area (Å²) in [5.74, 6) is -0.870. The van der Waals surface area contributed by atoms with E-state index in [-0.39, 0.29) is 18.1 Å². The van der Waals surface area contributed by atoms with Crippen LogP contribution in [0.4, 0.5) is 0 Å². The van der Waals surface area contributed by atoms with Crippen molar-refractivity contribution in [1.82, 2.24) is 0 Å². The molecule has 0 saturated carbocycles. The molecule has 34 heavy (non-hydrogen) atoms. The lowest BCUT2D eigenvalue weighted by molar-refractivity contribution is 0.0186. The van der Waals surface area contributed by atoms with Crippen LogP contribution in [0.5, 0.6) is 0 Å². The number of hydrogen-bond acceptors (Lipinski definition) is 4. The predicted octanol–water partition coefficient (Wildman–Crippen LogP) is 4.46. The molecule has 0 amide bonds. The summed E-state index contributed by atoms with van der Waals surface area (Å²) >= 11 is 0. The fraction of sp³-hybridized carbons (Fsp3) is 0.296. The summed E-state index contributed by atoms with van der Waals surface area (Å²) in [6.45, 7) is 5.72. The van der Waals surface area contributed by atoms with Gasteiger partial charge in [0.2, 0.25) is 0 Å². The molecule has 7 heteroatoms. The minimum Gasteiger partial charge on any atom is -0.478 e. The highest BCUT2D eigenvalue weighted by atomic mass is 31.2. The van der Waals surface area contributed by atoms with Crippen molar-refractivity contribution in [2.75, 3.05) is 0 Å². The van der Waals surface area contributed by atoms with E-state index >= 15 is 0 Å². The molecule has 3 rings (SSSR count). The average molecular weight is 487 g/mol. The molecule has 6 nitrogen and oxygen atoms in total. The Labute approximate surface area is 202 Å². The molecule has 2 atom stereocenters. The Morgan fingerprint density at radius 2 is 1.06 bits per heavy atom. The van der Waals surface area contributed by atoms with Crippen LogP contribution in [0, 0.1) is 5.92 Å². The topological polar surface area (TPSA) is 115 Å². The number of rotatable bonds is 7. The highest BCUT2D eigenvalue weighted by molar-refractivity contribution is 7.73. The van der Waals surface area contributed by atoms with Gasteiger partial charge in [0.1, 0.15) is 0 Å². The normalized spacial score (nSPS) is 13.2. The number of benzene rings is 3. The van der Waals surface area contributed by atoms with Gasteiger partial charge >= 0.3 is 5.97 Å². The first-order valence-corrected chi connectivity index (χ1v) is 12.9. The molecule has 0 spiro atoms. The third-order valence-electron chi connectivity index (χ3n) is 5.28. The molecule has 2 unspecified atom stereocenters. The zero-order valence-corrected chi connectivity index (χ0v) is 20.8. The summed E-state index contributed by atoms with van der Waals surface area (Å²) in [7, 11) is -3.40. The number of carbonyl (C=O) groups is 1. The Morgan fingerprint density at radius 3 is 1.32 bits per heavy atom. The van der Waals surface area contributed by atoms with Gasteiger partial charge in [0.25, 0.3) is 7.37 Å². The maximum atomic E-state index is 12.2. The molecule has 0 aliphatic rings. The highest BCUT2D eigenvalue weighted by Gasteiger charge is 2.23. The van der Waals surface area contributed by atoms with Gasteiger partial charge in [-0.15, -0.1) is 0 Å². The highest BCUT2D eigenvalue weighted by Crippen LogP contribution is 2.37. The molecular weight excluding hydrogens is 451 g/mol. The number of carboxylic acid groups (broad SMARTS) is 1. The number of aliphatic hydroxyl groups excluding tert-OH is 2. The molecule has 0 aliphatic carbocycles. The van der Waals surface area contributed by atoms with Crippen LogP contribution in [-0.2, 0) is 4.57 Å². The van der Waals surface area contributed by atoms with Gasteiger partial charge < -0.3 is 20.2 Å². The monoisotopic (exact) mass is 486 g/mol. The number of aromatic carboxylic acids is 1. The lowest BCUT2D eigenvalue weighted by atomic mass is 9.95. The number of aliphatic hydroxyl groups is 2. The summed E-state index contributed by atoms with van der Waals surface area (Å²) in [4.78, 5) is 20.2. The third-order valence-corrected chi connectivity index (χ3v) is 7.28. The van der Waals surface area contributed by atoms with Crippen LogP contribution < -0.4 is 10.6 Å². The van der Waals surface area contributed by atoms with Crippen LogP contribution in [0.15, 0.2) is 91.0 Å². The summed E-state index contributed by atoms with van der Waals surface area (Å²) in [6.07, 6.45) is 0.737. The first-order chi connectivity index (χ1) is 16.1. The van der Waals surface area contributed by atoms with E-state index in [1.165, 1.54) is 0 Å². The fourth-order valence-electron chi connectivity index (χ4n) is 2.99. The van der Waals surface area contributed by atoms with E-state index in [2.05, 4.69) is 0 Å². The van der Waals surface area contributed by atoms with Gasteiger partial charge in [-0.25, -0.2) is 4.79 Å². The van der Waals surface area contributed by atoms with Crippen molar-refractivity contribution >= 4 is 23.9 Å². The molecule has 0 bridgehead atoms. The van der Waals surface area contributed by atoms with Gasteiger partial charge in [0, 0.05) is 16.5 Å². The van der Waals surface area contributed by atoms with Gasteiger partial charge in [0.15, 0.2) is 0 Å². The zero-order valence-electron chi connectivity index (χ0n) is 19.9. The Bertz CT molecular complexity index is 942. The van der Waals surface area contributed by atoms with E-state index in [4.69, 9.17) is 5.11 Å². The molecule has 0 heterocycles. The SMILES string of the molecule is CCC(O)C(C)C(O)CC.O=C(O)c1ccccc1.O=P(O)(c1ccccc1)c1ccccc1. The predicted molar refractivity (Wildman–Crippen MR) is 137 cm³/mol. The molecule has 3 aromatic rings. The van der Waals surface area contributed by atoms with Crippen LogP contribution in [0.2, 0.25) is 0 Å². The maximum absolute atomic E-state index is 12.2. The minimum atomic E-state index is -3.40. The smallest absolute Gasteiger partial charge is 0.335 e. The van der Waals surface area contributed by atoms with Crippen molar-refractivity contribution in [3.8, 4) is 0 Å². The molecule has 0 aromatic heterocycles. The van der Waals surface area contributed by atoms with Gasteiger partial charge in [-0.1, -0.05) is 75.4 Å². The Balaban J connectivity index is 0.000000268. The first kappa shape index (κ1) is 29.3. The molecule has 0 fully saturated rings. The lowest BCUT2D eigenvalue weighted by Gasteiger charge is -2.21. The summed E-state index contributed by atoms with van der Waals surface area (Å²) in [5.41, 5.74) is 0.331. The molecule has 184 valence electrons. The van der Waals surface area contributed by atoms with Crippen molar-refractivity contribution in [3.63, 3.8) is 0 Å². The molecule has 3 aromatic carbocycles. The Hall–Kier alpha value is -2.76. The van der Waals surface area contributed by atoms with Crippen molar-refractivity contribution in [3.05, 3.63) is 96.6 Å². The summed E-state index contributed by atoms with van der Waals surface area (Å²) in [5, 5.41) is 27.9. The van der Waals surface area contributed by atoms with Crippen LogP contribution in [0.3, 0.4) is 0 Å². The average Bonchev–Trinajstić information content (AvgIpc) is 2.89. The van der Waals surface area contributed by atoms with E-state index < -0.39 is 13.3 Å².